The molecule has 1 amide bonds. The second-order valence-electron chi connectivity index (χ2n) is 4.92. The van der Waals surface area contributed by atoms with Crippen LogP contribution in [0.25, 0.3) is 5.82 Å². The molecule has 1 N–H and O–H groups in total. The third kappa shape index (κ3) is 3.88. The monoisotopic (exact) mass is 343 g/mol. The fourth-order valence-electron chi connectivity index (χ4n) is 1.97. The van der Waals surface area contributed by atoms with E-state index in [9.17, 15) is 4.79 Å². The lowest BCUT2D eigenvalue weighted by molar-refractivity contribution is -0.122. The maximum Gasteiger partial charge on any atom is 0.266 e. The van der Waals surface area contributed by atoms with Crippen molar-refractivity contribution < 1.29 is 9.53 Å². The number of halogens is 1. The molecule has 24 heavy (non-hydrogen) atoms. The Kier molecular flexibility index (Phi) is 4.72. The van der Waals surface area contributed by atoms with Gasteiger partial charge in [0, 0.05) is 23.5 Å². The molecule has 8 heteroatoms. The summed E-state index contributed by atoms with van der Waals surface area (Å²) in [6, 6.07) is 10.3. The lowest BCUT2D eigenvalue weighted by Crippen LogP contribution is -2.30. The van der Waals surface area contributed by atoms with Crippen LogP contribution >= 0.6 is 11.6 Å². The molecule has 0 aliphatic rings. The van der Waals surface area contributed by atoms with Gasteiger partial charge in [-0.05, 0) is 31.2 Å². The molecule has 1 unspecified atom stereocenters. The minimum atomic E-state index is -0.716. The van der Waals surface area contributed by atoms with E-state index in [1.165, 1.54) is 6.33 Å². The zero-order valence-electron chi connectivity index (χ0n) is 12.8. The number of ether oxygens (including phenoxy) is 1. The summed E-state index contributed by atoms with van der Waals surface area (Å²) < 4.78 is 7.15. The number of amides is 1. The number of carbonyl (C=O) groups excluding carboxylic acids is 1. The van der Waals surface area contributed by atoms with Crippen LogP contribution in [0.1, 0.15) is 6.92 Å². The van der Waals surface area contributed by atoms with Crippen molar-refractivity contribution in [3.8, 4) is 11.6 Å². The molecule has 0 radical (unpaired) electrons. The molecule has 1 aromatic carbocycles. The highest BCUT2D eigenvalue weighted by atomic mass is 35.5. The van der Waals surface area contributed by atoms with Gasteiger partial charge in [-0.2, -0.15) is 5.10 Å². The molecule has 7 nitrogen and oxygen atoms in total. The molecule has 0 aliphatic carbocycles. The highest BCUT2D eigenvalue weighted by Gasteiger charge is 2.16. The predicted octanol–water partition coefficient (Wildman–Crippen LogP) is 2.72. The SMILES string of the molecule is CC(Oc1cccc(Cl)c1)C(=O)Nc1cc(-n2cccn2)ncn1. The van der Waals surface area contributed by atoms with Crippen molar-refractivity contribution in [3.63, 3.8) is 0 Å². The summed E-state index contributed by atoms with van der Waals surface area (Å²) in [5.41, 5.74) is 0. The van der Waals surface area contributed by atoms with E-state index in [-0.39, 0.29) is 5.91 Å². The molecule has 0 fully saturated rings. The van der Waals surface area contributed by atoms with Crippen LogP contribution in [0.2, 0.25) is 5.02 Å². The fourth-order valence-corrected chi connectivity index (χ4v) is 2.15. The molecule has 3 rings (SSSR count). The highest BCUT2D eigenvalue weighted by Crippen LogP contribution is 2.18. The number of aromatic nitrogens is 4. The Morgan fingerprint density at radius 3 is 2.92 bits per heavy atom. The highest BCUT2D eigenvalue weighted by molar-refractivity contribution is 6.30. The molecule has 0 bridgehead atoms. The molecule has 0 aliphatic heterocycles. The van der Waals surface area contributed by atoms with Gasteiger partial charge < -0.3 is 10.1 Å². The summed E-state index contributed by atoms with van der Waals surface area (Å²) in [6.45, 7) is 1.64. The van der Waals surface area contributed by atoms with Gasteiger partial charge in [-0.25, -0.2) is 14.6 Å². The number of anilines is 1. The number of benzene rings is 1. The number of hydrogen-bond donors (Lipinski definition) is 1. The van der Waals surface area contributed by atoms with Gasteiger partial charge in [-0.1, -0.05) is 17.7 Å². The second kappa shape index (κ2) is 7.10. The molecule has 0 saturated carbocycles. The Balaban J connectivity index is 1.67. The first-order valence-electron chi connectivity index (χ1n) is 7.17. The van der Waals surface area contributed by atoms with Crippen LogP contribution in [0.3, 0.4) is 0 Å². The van der Waals surface area contributed by atoms with E-state index in [4.69, 9.17) is 16.3 Å². The van der Waals surface area contributed by atoms with Crippen molar-refractivity contribution in [2.24, 2.45) is 0 Å². The van der Waals surface area contributed by atoms with Gasteiger partial charge in [-0.15, -0.1) is 0 Å². The smallest absolute Gasteiger partial charge is 0.266 e. The molecule has 0 saturated heterocycles. The van der Waals surface area contributed by atoms with Gasteiger partial charge in [0.25, 0.3) is 5.91 Å². The van der Waals surface area contributed by atoms with Gasteiger partial charge in [0.05, 0.1) is 0 Å². The quantitative estimate of drug-likeness (QED) is 0.770. The van der Waals surface area contributed by atoms with Crippen molar-refractivity contribution in [2.75, 3.05) is 5.32 Å². The molecule has 1 atom stereocenters. The lowest BCUT2D eigenvalue weighted by Gasteiger charge is -2.14. The van der Waals surface area contributed by atoms with Crippen molar-refractivity contribution in [1.29, 1.82) is 0 Å². The molecular formula is C16H14ClN5O2. The molecule has 2 heterocycles. The van der Waals surface area contributed by atoms with Crippen LogP contribution in [-0.2, 0) is 4.79 Å². The number of carbonyl (C=O) groups is 1. The van der Waals surface area contributed by atoms with E-state index < -0.39 is 6.10 Å². The first-order chi connectivity index (χ1) is 11.6. The van der Waals surface area contributed by atoms with E-state index >= 15 is 0 Å². The average molecular weight is 344 g/mol. The molecule has 122 valence electrons. The van der Waals surface area contributed by atoms with Gasteiger partial charge in [-0.3, -0.25) is 4.79 Å². The van der Waals surface area contributed by atoms with Crippen LogP contribution in [0.4, 0.5) is 5.82 Å². The van der Waals surface area contributed by atoms with E-state index in [0.29, 0.717) is 22.4 Å². The lowest BCUT2D eigenvalue weighted by atomic mass is 10.3. The largest absolute Gasteiger partial charge is 0.481 e. The van der Waals surface area contributed by atoms with E-state index in [2.05, 4.69) is 20.4 Å². The zero-order valence-corrected chi connectivity index (χ0v) is 13.5. The maximum atomic E-state index is 12.2. The average Bonchev–Trinajstić information content (AvgIpc) is 3.09. The first-order valence-corrected chi connectivity index (χ1v) is 7.55. The van der Waals surface area contributed by atoms with Gasteiger partial charge in [0.15, 0.2) is 11.9 Å². The minimum absolute atomic E-state index is 0.333. The molecule has 3 aromatic rings. The van der Waals surface area contributed by atoms with Crippen molar-refractivity contribution >= 4 is 23.3 Å². The maximum absolute atomic E-state index is 12.2. The third-order valence-electron chi connectivity index (χ3n) is 3.12. The Morgan fingerprint density at radius 2 is 2.17 bits per heavy atom. The summed E-state index contributed by atoms with van der Waals surface area (Å²) in [5, 5.41) is 7.31. The van der Waals surface area contributed by atoms with Crippen molar-refractivity contribution in [3.05, 3.63) is 60.1 Å². The van der Waals surface area contributed by atoms with Crippen LogP contribution in [0.15, 0.2) is 55.1 Å². The third-order valence-corrected chi connectivity index (χ3v) is 3.36. The summed E-state index contributed by atoms with van der Waals surface area (Å²) in [4.78, 5) is 20.4. The van der Waals surface area contributed by atoms with Gasteiger partial charge in [0.1, 0.15) is 17.9 Å². The Bertz CT molecular complexity index is 838. The topological polar surface area (TPSA) is 81.9 Å². The fraction of sp³-hybridized carbons (Fsp3) is 0.125. The van der Waals surface area contributed by atoms with Gasteiger partial charge in [0.2, 0.25) is 0 Å². The van der Waals surface area contributed by atoms with E-state index in [1.807, 2.05) is 0 Å². The van der Waals surface area contributed by atoms with Gasteiger partial charge >= 0.3 is 0 Å². The minimum Gasteiger partial charge on any atom is -0.481 e. The normalized spacial score (nSPS) is 11.8. The molecule has 0 spiro atoms. The number of hydrogen-bond acceptors (Lipinski definition) is 5. The van der Waals surface area contributed by atoms with E-state index in [1.54, 1.807) is 60.4 Å². The summed E-state index contributed by atoms with van der Waals surface area (Å²) in [7, 11) is 0. The summed E-state index contributed by atoms with van der Waals surface area (Å²) in [5.74, 6) is 1.10. The standard InChI is InChI=1S/C16H14ClN5O2/c1-11(24-13-5-2-4-12(17)8-13)16(23)21-14-9-15(19-10-18-14)22-7-3-6-20-22/h2-11H,1H3,(H,18,19,21,23). The Hall–Kier alpha value is -2.93. The number of nitrogens with zero attached hydrogens (tertiary/aromatic N) is 4. The number of rotatable bonds is 5. The van der Waals surface area contributed by atoms with E-state index in [0.717, 1.165) is 0 Å². The van der Waals surface area contributed by atoms with Crippen LogP contribution in [0.5, 0.6) is 5.75 Å². The Morgan fingerprint density at radius 1 is 1.29 bits per heavy atom. The van der Waals surface area contributed by atoms with Crippen LogP contribution in [0, 0.1) is 0 Å². The van der Waals surface area contributed by atoms with Crippen molar-refractivity contribution in [1.82, 2.24) is 19.7 Å². The summed E-state index contributed by atoms with van der Waals surface area (Å²) >= 11 is 5.90. The first kappa shape index (κ1) is 15.9. The second-order valence-corrected chi connectivity index (χ2v) is 5.36. The summed E-state index contributed by atoms with van der Waals surface area (Å²) in [6.07, 6.45) is 4.03. The van der Waals surface area contributed by atoms with Crippen LogP contribution < -0.4 is 10.1 Å². The molecular weight excluding hydrogens is 330 g/mol. The predicted molar refractivity (Wildman–Crippen MR) is 89.3 cm³/mol. The Labute approximate surface area is 143 Å². The van der Waals surface area contributed by atoms with Crippen molar-refractivity contribution in [2.45, 2.75) is 13.0 Å². The molecule has 2 aromatic heterocycles. The number of nitrogens with one attached hydrogen (secondary N) is 1. The van der Waals surface area contributed by atoms with Crippen LogP contribution in [-0.4, -0.2) is 31.8 Å². The zero-order chi connectivity index (χ0) is 16.9.